The molecule has 0 bridgehead atoms. The number of nitrogens with one attached hydrogen (secondary N) is 1. The van der Waals surface area contributed by atoms with Gasteiger partial charge in [-0.3, -0.25) is 24.5 Å². The summed E-state index contributed by atoms with van der Waals surface area (Å²) in [5, 5.41) is 4.24. The molecule has 1 N–H and O–H groups in total. The highest BCUT2D eigenvalue weighted by molar-refractivity contribution is 7.99. The predicted molar refractivity (Wildman–Crippen MR) is 133 cm³/mol. The molecule has 2 atom stereocenters. The van der Waals surface area contributed by atoms with Crippen molar-refractivity contribution in [3.63, 3.8) is 0 Å². The van der Waals surface area contributed by atoms with Crippen molar-refractivity contribution in [2.75, 3.05) is 5.75 Å². The van der Waals surface area contributed by atoms with Gasteiger partial charge in [0.05, 0.1) is 16.9 Å². The Morgan fingerprint density at radius 2 is 1.78 bits per heavy atom. The van der Waals surface area contributed by atoms with Gasteiger partial charge in [-0.2, -0.15) is 0 Å². The zero-order valence-electron chi connectivity index (χ0n) is 16.9. The molecule has 2 aromatic heterocycles. The number of ketones is 1. The van der Waals surface area contributed by atoms with Crippen LogP contribution in [0.25, 0.3) is 10.9 Å². The molecule has 0 radical (unpaired) electrons. The van der Waals surface area contributed by atoms with Crippen molar-refractivity contribution in [1.29, 1.82) is 0 Å². The Bertz CT molecular complexity index is 1230. The lowest BCUT2D eigenvalue weighted by atomic mass is 10.0. The minimum atomic E-state index is -0.302. The average molecular weight is 486 g/mol. The van der Waals surface area contributed by atoms with Crippen molar-refractivity contribution in [2.24, 2.45) is 0 Å². The lowest BCUT2D eigenvalue weighted by Crippen LogP contribution is -2.37. The van der Waals surface area contributed by atoms with Crippen molar-refractivity contribution in [1.82, 2.24) is 14.9 Å². The van der Waals surface area contributed by atoms with Crippen LogP contribution in [-0.4, -0.2) is 33.0 Å². The van der Waals surface area contributed by atoms with Gasteiger partial charge in [0.25, 0.3) is 0 Å². The SMILES string of the molecule is Cl.Cl.O=C(c1ccccc1)c1cccc2c1ccn2C(=O)C1CSC(c2cccnc2)N1. The Balaban J connectivity index is 0.00000144. The number of carbonyl (C=O) groups is 2. The van der Waals surface area contributed by atoms with Crippen molar-refractivity contribution in [3.05, 3.63) is 102 Å². The fraction of sp³-hybridized carbons (Fsp3) is 0.125. The summed E-state index contributed by atoms with van der Waals surface area (Å²) in [5.74, 6) is 0.617. The molecular weight excluding hydrogens is 465 g/mol. The maximum Gasteiger partial charge on any atom is 0.249 e. The number of nitrogens with zero attached hydrogens (tertiary/aromatic N) is 2. The fourth-order valence-corrected chi connectivity index (χ4v) is 5.02. The zero-order valence-corrected chi connectivity index (χ0v) is 19.3. The number of carbonyl (C=O) groups excluding carboxylic acids is 2. The Morgan fingerprint density at radius 3 is 2.53 bits per heavy atom. The molecule has 1 fully saturated rings. The van der Waals surface area contributed by atoms with Gasteiger partial charge in [-0.25, -0.2) is 0 Å². The Hall–Kier alpha value is -2.64. The van der Waals surface area contributed by atoms with Gasteiger partial charge in [0.2, 0.25) is 5.91 Å². The lowest BCUT2D eigenvalue weighted by molar-refractivity contribution is 0.0878. The molecular formula is C24H21Cl2N3O2S. The van der Waals surface area contributed by atoms with Gasteiger partial charge in [0, 0.05) is 40.9 Å². The van der Waals surface area contributed by atoms with E-state index in [1.807, 2.05) is 72.9 Å². The molecule has 5 rings (SSSR count). The average Bonchev–Trinajstić information content (AvgIpc) is 3.47. The summed E-state index contributed by atoms with van der Waals surface area (Å²) in [4.78, 5) is 30.4. The van der Waals surface area contributed by atoms with E-state index >= 15 is 0 Å². The number of benzene rings is 2. The Kier molecular flexibility index (Phi) is 7.74. The summed E-state index contributed by atoms with van der Waals surface area (Å²) in [5.41, 5.74) is 3.05. The quantitative estimate of drug-likeness (QED) is 0.404. The van der Waals surface area contributed by atoms with Crippen LogP contribution in [0, 0.1) is 0 Å². The van der Waals surface area contributed by atoms with E-state index in [4.69, 9.17) is 0 Å². The molecule has 4 aromatic rings. The molecule has 5 nitrogen and oxygen atoms in total. The normalized spacial score (nSPS) is 17.4. The van der Waals surface area contributed by atoms with Gasteiger partial charge in [0.15, 0.2) is 5.78 Å². The monoisotopic (exact) mass is 485 g/mol. The van der Waals surface area contributed by atoms with Crippen LogP contribution in [-0.2, 0) is 0 Å². The van der Waals surface area contributed by atoms with Crippen LogP contribution in [0.2, 0.25) is 0 Å². The molecule has 1 aliphatic rings. The molecule has 1 aliphatic heterocycles. The molecule has 32 heavy (non-hydrogen) atoms. The van der Waals surface area contributed by atoms with Gasteiger partial charge in [-0.15, -0.1) is 36.6 Å². The maximum atomic E-state index is 13.2. The number of hydrogen-bond donors (Lipinski definition) is 1. The molecule has 0 spiro atoms. The van der Waals surface area contributed by atoms with Gasteiger partial charge in [0.1, 0.15) is 0 Å². The smallest absolute Gasteiger partial charge is 0.249 e. The van der Waals surface area contributed by atoms with Crippen LogP contribution in [0.15, 0.2) is 85.3 Å². The molecule has 164 valence electrons. The highest BCUT2D eigenvalue weighted by atomic mass is 35.5. The van der Waals surface area contributed by atoms with E-state index in [-0.39, 0.29) is 47.9 Å². The number of pyridine rings is 1. The summed E-state index contributed by atoms with van der Waals surface area (Å²) >= 11 is 1.70. The van der Waals surface area contributed by atoms with Crippen molar-refractivity contribution < 1.29 is 9.59 Å². The van der Waals surface area contributed by atoms with Crippen molar-refractivity contribution in [2.45, 2.75) is 11.4 Å². The molecule has 0 saturated carbocycles. The highest BCUT2D eigenvalue weighted by Crippen LogP contribution is 2.33. The topological polar surface area (TPSA) is 64.0 Å². The second-order valence-electron chi connectivity index (χ2n) is 7.18. The van der Waals surface area contributed by atoms with Crippen LogP contribution in [0.1, 0.15) is 31.7 Å². The first-order chi connectivity index (χ1) is 14.7. The van der Waals surface area contributed by atoms with E-state index in [1.54, 1.807) is 28.7 Å². The van der Waals surface area contributed by atoms with Crippen LogP contribution in [0.3, 0.4) is 0 Å². The number of thioether (sulfide) groups is 1. The van der Waals surface area contributed by atoms with E-state index in [1.165, 1.54) is 0 Å². The van der Waals surface area contributed by atoms with Crippen LogP contribution in [0.5, 0.6) is 0 Å². The molecule has 3 heterocycles. The van der Waals surface area contributed by atoms with Crippen LogP contribution >= 0.6 is 36.6 Å². The van der Waals surface area contributed by atoms with E-state index in [9.17, 15) is 9.59 Å². The standard InChI is InChI=1S/C24H19N3O2S.2ClH/c28-22(16-6-2-1-3-7-16)19-9-4-10-21-18(19)11-13-27(21)24(29)20-15-30-23(26-20)17-8-5-12-25-14-17;;/h1-14,20,23,26H,15H2;2*1H. The lowest BCUT2D eigenvalue weighted by Gasteiger charge is -2.14. The van der Waals surface area contributed by atoms with E-state index in [0.29, 0.717) is 16.9 Å². The third kappa shape index (κ3) is 4.45. The fourth-order valence-electron chi connectivity index (χ4n) is 3.81. The zero-order chi connectivity index (χ0) is 20.5. The van der Waals surface area contributed by atoms with Crippen molar-refractivity contribution in [3.8, 4) is 0 Å². The first kappa shape index (κ1) is 24.0. The second kappa shape index (κ2) is 10.3. The van der Waals surface area contributed by atoms with Gasteiger partial charge in [-0.1, -0.05) is 48.5 Å². The third-order valence-corrected chi connectivity index (χ3v) is 6.59. The number of halogens is 2. The van der Waals surface area contributed by atoms with Gasteiger partial charge >= 0.3 is 0 Å². The Labute approximate surface area is 202 Å². The summed E-state index contributed by atoms with van der Waals surface area (Å²) in [6, 6.07) is 20.2. The minimum absolute atomic E-state index is 0. The summed E-state index contributed by atoms with van der Waals surface area (Å²) in [7, 11) is 0. The van der Waals surface area contributed by atoms with Crippen molar-refractivity contribution >= 4 is 59.2 Å². The predicted octanol–water partition coefficient (Wildman–Crippen LogP) is 5.15. The number of hydrogen-bond acceptors (Lipinski definition) is 5. The first-order valence-corrected chi connectivity index (χ1v) is 10.8. The summed E-state index contributed by atoms with van der Waals surface area (Å²) in [6.07, 6.45) is 5.33. The summed E-state index contributed by atoms with van der Waals surface area (Å²) < 4.78 is 1.65. The van der Waals surface area contributed by atoms with E-state index < -0.39 is 0 Å². The highest BCUT2D eigenvalue weighted by Gasteiger charge is 2.32. The second-order valence-corrected chi connectivity index (χ2v) is 8.31. The van der Waals surface area contributed by atoms with Crippen LogP contribution < -0.4 is 5.32 Å². The number of aromatic nitrogens is 2. The molecule has 0 aliphatic carbocycles. The van der Waals surface area contributed by atoms with Gasteiger partial charge in [-0.05, 0) is 23.8 Å². The Morgan fingerprint density at radius 1 is 0.969 bits per heavy atom. The molecule has 2 aromatic carbocycles. The molecule has 1 saturated heterocycles. The van der Waals surface area contributed by atoms with Crippen LogP contribution in [0.4, 0.5) is 0 Å². The largest absolute Gasteiger partial charge is 0.290 e. The molecule has 0 amide bonds. The first-order valence-electron chi connectivity index (χ1n) is 9.74. The maximum absolute atomic E-state index is 13.2. The van der Waals surface area contributed by atoms with Gasteiger partial charge < -0.3 is 0 Å². The number of rotatable bonds is 4. The van der Waals surface area contributed by atoms with E-state index in [2.05, 4.69) is 10.3 Å². The molecule has 2 unspecified atom stereocenters. The molecule has 8 heteroatoms. The summed E-state index contributed by atoms with van der Waals surface area (Å²) in [6.45, 7) is 0. The van der Waals surface area contributed by atoms with E-state index in [0.717, 1.165) is 16.5 Å². The minimum Gasteiger partial charge on any atom is -0.290 e. The number of fused-ring (bicyclic) bond motifs is 1. The third-order valence-electron chi connectivity index (χ3n) is 5.32.